The van der Waals surface area contributed by atoms with E-state index in [9.17, 15) is 14.4 Å². The number of ether oxygens (including phenoxy) is 3. The maximum Gasteiger partial charge on any atom is 0.247 e. The average molecular weight is 499 g/mol. The summed E-state index contributed by atoms with van der Waals surface area (Å²) in [5.41, 5.74) is 0.634. The van der Waals surface area contributed by atoms with E-state index < -0.39 is 6.04 Å². The molecule has 2 N–H and O–H groups in total. The topological polar surface area (TPSA) is 119 Å². The fourth-order valence-electron chi connectivity index (χ4n) is 4.00. The summed E-state index contributed by atoms with van der Waals surface area (Å²) < 4.78 is 16.1. The zero-order valence-electron chi connectivity index (χ0n) is 20.8. The Morgan fingerprint density at radius 3 is 2.58 bits per heavy atom. The Balaban J connectivity index is 1.80. The number of methoxy groups -OCH3 is 2. The third kappa shape index (κ3) is 8.03. The fourth-order valence-corrected chi connectivity index (χ4v) is 4.00. The molecule has 1 saturated heterocycles. The lowest BCUT2D eigenvalue weighted by Crippen LogP contribution is -2.47. The summed E-state index contributed by atoms with van der Waals surface area (Å²) >= 11 is 0. The van der Waals surface area contributed by atoms with Crippen molar-refractivity contribution in [3.8, 4) is 5.75 Å². The highest BCUT2D eigenvalue weighted by Crippen LogP contribution is 2.27. The molecular formula is C26H34N4O6. The molecule has 194 valence electrons. The van der Waals surface area contributed by atoms with Gasteiger partial charge in [0.05, 0.1) is 19.8 Å². The van der Waals surface area contributed by atoms with Gasteiger partial charge in [-0.1, -0.05) is 18.2 Å². The Kier molecular flexibility index (Phi) is 10.7. The van der Waals surface area contributed by atoms with Gasteiger partial charge in [0.25, 0.3) is 0 Å². The van der Waals surface area contributed by atoms with Crippen LogP contribution in [0.1, 0.15) is 37.3 Å². The lowest BCUT2D eigenvalue weighted by Gasteiger charge is -2.33. The van der Waals surface area contributed by atoms with E-state index in [4.69, 9.17) is 14.2 Å². The molecule has 36 heavy (non-hydrogen) atoms. The molecule has 0 spiro atoms. The molecule has 1 fully saturated rings. The van der Waals surface area contributed by atoms with Crippen molar-refractivity contribution in [2.24, 2.45) is 0 Å². The van der Waals surface area contributed by atoms with E-state index in [1.807, 2.05) is 0 Å². The second kappa shape index (κ2) is 14.2. The molecule has 0 bridgehead atoms. The van der Waals surface area contributed by atoms with Crippen LogP contribution in [0.25, 0.3) is 0 Å². The molecule has 1 aromatic heterocycles. The summed E-state index contributed by atoms with van der Waals surface area (Å²) in [5.74, 6) is 0.0795. The number of hydrogen-bond donors (Lipinski definition) is 2. The van der Waals surface area contributed by atoms with E-state index in [0.29, 0.717) is 36.9 Å². The van der Waals surface area contributed by atoms with Crippen LogP contribution in [0.15, 0.2) is 48.7 Å². The van der Waals surface area contributed by atoms with Gasteiger partial charge in [-0.25, -0.2) is 4.98 Å². The first-order valence-corrected chi connectivity index (χ1v) is 12.0. The first-order valence-electron chi connectivity index (χ1n) is 12.0. The summed E-state index contributed by atoms with van der Waals surface area (Å²) in [6, 6.07) is 11.3. The second-order valence-corrected chi connectivity index (χ2v) is 8.40. The van der Waals surface area contributed by atoms with Gasteiger partial charge in [-0.05, 0) is 42.7 Å². The van der Waals surface area contributed by atoms with Gasteiger partial charge in [0.15, 0.2) is 0 Å². The van der Waals surface area contributed by atoms with Crippen LogP contribution in [0.5, 0.6) is 5.75 Å². The Hall–Kier alpha value is -3.50. The highest BCUT2D eigenvalue weighted by molar-refractivity contribution is 5.94. The standard InChI is InChI=1S/C26H34N4O6/c1-34-17-15-28-26(33)25(19-8-10-20(35-2)11-9-19)30(18-21-6-5-16-36-21)24(32)13-12-23(31)29-22-7-3-4-14-27-22/h3-4,7-11,14,21,25H,5-6,12-13,15-18H2,1-2H3,(H,28,33)(H,27,29,31)/t21-,25+/m0/s1. The number of nitrogens with one attached hydrogen (secondary N) is 2. The number of anilines is 1. The zero-order chi connectivity index (χ0) is 25.8. The third-order valence-electron chi connectivity index (χ3n) is 5.84. The highest BCUT2D eigenvalue weighted by Gasteiger charge is 2.34. The van der Waals surface area contributed by atoms with Crippen molar-refractivity contribution in [1.29, 1.82) is 0 Å². The number of aromatic nitrogens is 1. The van der Waals surface area contributed by atoms with Gasteiger partial charge in [0, 0.05) is 45.8 Å². The molecule has 0 aliphatic carbocycles. The molecular weight excluding hydrogens is 464 g/mol. The van der Waals surface area contributed by atoms with Gasteiger partial charge in [-0.2, -0.15) is 0 Å². The normalized spacial score (nSPS) is 15.7. The lowest BCUT2D eigenvalue weighted by molar-refractivity contribution is -0.143. The number of benzene rings is 1. The van der Waals surface area contributed by atoms with E-state index in [1.165, 1.54) is 4.90 Å². The number of amides is 3. The molecule has 1 aromatic carbocycles. The number of pyridine rings is 1. The van der Waals surface area contributed by atoms with Gasteiger partial charge in [0.2, 0.25) is 17.7 Å². The quantitative estimate of drug-likeness (QED) is 0.407. The second-order valence-electron chi connectivity index (χ2n) is 8.40. The van der Waals surface area contributed by atoms with Crippen molar-refractivity contribution < 1.29 is 28.6 Å². The van der Waals surface area contributed by atoms with E-state index >= 15 is 0 Å². The molecule has 1 aliphatic heterocycles. The molecule has 10 heteroatoms. The lowest BCUT2D eigenvalue weighted by atomic mass is 10.0. The van der Waals surface area contributed by atoms with Crippen molar-refractivity contribution in [3.63, 3.8) is 0 Å². The smallest absolute Gasteiger partial charge is 0.247 e. The molecule has 0 radical (unpaired) electrons. The predicted octanol–water partition coefficient (Wildman–Crippen LogP) is 2.32. The molecule has 10 nitrogen and oxygen atoms in total. The minimum atomic E-state index is -0.900. The van der Waals surface area contributed by atoms with Crippen LogP contribution in [-0.2, 0) is 23.9 Å². The first-order chi connectivity index (χ1) is 17.5. The maximum absolute atomic E-state index is 13.5. The van der Waals surface area contributed by atoms with Gasteiger partial charge < -0.3 is 29.7 Å². The number of carbonyl (C=O) groups is 3. The predicted molar refractivity (Wildman–Crippen MR) is 133 cm³/mol. The average Bonchev–Trinajstić information content (AvgIpc) is 3.41. The monoisotopic (exact) mass is 498 g/mol. The van der Waals surface area contributed by atoms with E-state index in [0.717, 1.165) is 12.8 Å². The van der Waals surface area contributed by atoms with Gasteiger partial charge in [-0.15, -0.1) is 0 Å². The molecule has 2 aromatic rings. The van der Waals surface area contributed by atoms with Crippen LogP contribution in [0, 0.1) is 0 Å². The maximum atomic E-state index is 13.5. The van der Waals surface area contributed by atoms with E-state index in [2.05, 4.69) is 15.6 Å². The summed E-state index contributed by atoms with van der Waals surface area (Å²) in [6.07, 6.45) is 2.98. The van der Waals surface area contributed by atoms with E-state index in [-0.39, 0.29) is 43.2 Å². The Bertz CT molecular complexity index is 980. The van der Waals surface area contributed by atoms with Crippen molar-refractivity contribution in [3.05, 3.63) is 54.2 Å². The van der Waals surface area contributed by atoms with Crippen molar-refractivity contribution in [2.75, 3.05) is 45.8 Å². The molecule has 1 aliphatic rings. The van der Waals surface area contributed by atoms with Gasteiger partial charge in [0.1, 0.15) is 17.6 Å². The number of hydrogen-bond acceptors (Lipinski definition) is 7. The molecule has 2 atom stereocenters. The zero-order valence-corrected chi connectivity index (χ0v) is 20.8. The van der Waals surface area contributed by atoms with Crippen molar-refractivity contribution in [2.45, 2.75) is 37.8 Å². The highest BCUT2D eigenvalue weighted by atomic mass is 16.5. The first kappa shape index (κ1) is 27.1. The van der Waals surface area contributed by atoms with Crippen LogP contribution >= 0.6 is 0 Å². The van der Waals surface area contributed by atoms with Crippen molar-refractivity contribution >= 4 is 23.5 Å². The van der Waals surface area contributed by atoms with Crippen molar-refractivity contribution in [1.82, 2.24) is 15.2 Å². The largest absolute Gasteiger partial charge is 0.497 e. The Morgan fingerprint density at radius 2 is 1.94 bits per heavy atom. The molecule has 3 amide bonds. The summed E-state index contributed by atoms with van der Waals surface area (Å²) in [7, 11) is 3.11. The molecule has 0 unspecified atom stereocenters. The Morgan fingerprint density at radius 1 is 1.14 bits per heavy atom. The summed E-state index contributed by atoms with van der Waals surface area (Å²) in [6.45, 7) is 1.51. The molecule has 3 rings (SSSR count). The number of nitrogens with zero attached hydrogens (tertiary/aromatic N) is 2. The van der Waals surface area contributed by atoms with Crippen LogP contribution < -0.4 is 15.4 Å². The van der Waals surface area contributed by atoms with Crippen LogP contribution in [0.3, 0.4) is 0 Å². The third-order valence-corrected chi connectivity index (χ3v) is 5.84. The number of carbonyl (C=O) groups excluding carboxylic acids is 3. The van der Waals surface area contributed by atoms with Gasteiger partial charge in [-0.3, -0.25) is 14.4 Å². The van der Waals surface area contributed by atoms with Crippen LogP contribution in [0.4, 0.5) is 5.82 Å². The molecule has 0 saturated carbocycles. The SMILES string of the molecule is COCCNC(=O)[C@@H](c1ccc(OC)cc1)N(C[C@@H]1CCCO1)C(=O)CCC(=O)Nc1ccccn1. The van der Waals surface area contributed by atoms with E-state index in [1.54, 1.807) is 62.9 Å². The van der Waals surface area contributed by atoms with Crippen LogP contribution in [0.2, 0.25) is 0 Å². The summed E-state index contributed by atoms with van der Waals surface area (Å²) in [4.78, 5) is 44.9. The summed E-state index contributed by atoms with van der Waals surface area (Å²) in [5, 5.41) is 5.54. The van der Waals surface area contributed by atoms with Crippen LogP contribution in [-0.4, -0.2) is 74.2 Å². The Labute approximate surface area is 211 Å². The fraction of sp³-hybridized carbons (Fsp3) is 0.462. The number of rotatable bonds is 13. The molecule has 2 heterocycles. The van der Waals surface area contributed by atoms with Gasteiger partial charge >= 0.3 is 0 Å². The minimum absolute atomic E-state index is 0.0436. The minimum Gasteiger partial charge on any atom is -0.497 e.